The van der Waals surface area contributed by atoms with E-state index in [2.05, 4.69) is 20.9 Å². The molecule has 0 aromatic heterocycles. The van der Waals surface area contributed by atoms with E-state index in [4.69, 9.17) is 11.5 Å². The number of hydrogen-bond acceptors (Lipinski definition) is 5. The van der Waals surface area contributed by atoms with Crippen molar-refractivity contribution in [2.45, 2.75) is 44.8 Å². The van der Waals surface area contributed by atoms with Crippen LogP contribution in [0, 0.1) is 0 Å². The van der Waals surface area contributed by atoms with Gasteiger partial charge in [-0.1, -0.05) is 12.8 Å². The molecular weight excluding hydrogens is 300 g/mol. The maximum atomic E-state index is 11.6. The molecule has 0 aliphatic heterocycles. The van der Waals surface area contributed by atoms with Crippen molar-refractivity contribution in [3.63, 3.8) is 0 Å². The number of carbonyl (C=O) groups is 2. The molecule has 0 fully saturated rings. The molecule has 0 saturated heterocycles. The van der Waals surface area contributed by atoms with Gasteiger partial charge in [0.15, 0.2) is 5.96 Å². The molecule has 0 aliphatic rings. The van der Waals surface area contributed by atoms with Gasteiger partial charge in [0.1, 0.15) is 0 Å². The molecule has 0 aromatic carbocycles. The van der Waals surface area contributed by atoms with Crippen LogP contribution in [0.3, 0.4) is 0 Å². The lowest BCUT2D eigenvalue weighted by atomic mass is 10.1. The maximum absolute atomic E-state index is 11.6. The smallest absolute Gasteiger partial charge is 0.269 e. The Kier molecular flexibility index (Phi) is 12.7. The van der Waals surface area contributed by atoms with E-state index in [0.29, 0.717) is 19.5 Å². The summed E-state index contributed by atoms with van der Waals surface area (Å²) < 4.78 is 0. The molecule has 1 atom stereocenters. The highest BCUT2D eigenvalue weighted by Crippen LogP contribution is 2.03. The van der Waals surface area contributed by atoms with E-state index in [1.165, 1.54) is 0 Å². The largest absolute Gasteiger partial charge is 0.370 e. The second-order valence-corrected chi connectivity index (χ2v) is 5.19. The van der Waals surface area contributed by atoms with E-state index < -0.39 is 12.1 Å². The van der Waals surface area contributed by atoms with Gasteiger partial charge in [-0.3, -0.25) is 14.6 Å². The first-order chi connectivity index (χ1) is 11.0. The molecule has 9 nitrogen and oxygen atoms in total. The summed E-state index contributed by atoms with van der Waals surface area (Å²) >= 11 is 0. The van der Waals surface area contributed by atoms with Gasteiger partial charge in [0.25, 0.3) is 5.91 Å². The van der Waals surface area contributed by atoms with E-state index in [-0.39, 0.29) is 18.3 Å². The fourth-order valence-corrected chi connectivity index (χ4v) is 1.82. The highest BCUT2D eigenvalue weighted by molar-refractivity contribution is 5.86. The summed E-state index contributed by atoms with van der Waals surface area (Å²) in [6.07, 6.45) is 2.84. The van der Waals surface area contributed by atoms with Crippen LogP contribution < -0.4 is 27.4 Å². The minimum Gasteiger partial charge on any atom is -0.370 e. The number of nitrogens with two attached hydrogens (primary N) is 2. The van der Waals surface area contributed by atoms with Crippen molar-refractivity contribution in [3.8, 4) is 0 Å². The van der Waals surface area contributed by atoms with Gasteiger partial charge < -0.3 is 32.5 Å². The fraction of sp³-hybridized carbons (Fsp3) is 0.786. The summed E-state index contributed by atoms with van der Waals surface area (Å²) in [5.41, 5.74) is 10.4. The number of nitrogens with one attached hydrogen (secondary N) is 3. The van der Waals surface area contributed by atoms with Gasteiger partial charge in [0.05, 0.1) is 0 Å². The third kappa shape index (κ3) is 13.5. The van der Waals surface area contributed by atoms with Crippen molar-refractivity contribution in [3.05, 3.63) is 0 Å². The van der Waals surface area contributed by atoms with Gasteiger partial charge in [-0.15, -0.1) is 0 Å². The van der Waals surface area contributed by atoms with Gasteiger partial charge in [-0.2, -0.15) is 0 Å². The molecule has 0 aliphatic carbocycles. The molecule has 0 radical (unpaired) electrons. The Morgan fingerprint density at radius 1 is 1.09 bits per heavy atom. The van der Waals surface area contributed by atoms with Crippen LogP contribution in [0.15, 0.2) is 4.99 Å². The van der Waals surface area contributed by atoms with Gasteiger partial charge in [0.2, 0.25) is 12.1 Å². The highest BCUT2D eigenvalue weighted by atomic mass is 16.3. The Bertz CT molecular complexity index is 372. The Morgan fingerprint density at radius 2 is 1.78 bits per heavy atom. The molecule has 1 unspecified atom stereocenters. The minimum absolute atomic E-state index is 0.0857. The molecule has 8 N–H and O–H groups in total. The summed E-state index contributed by atoms with van der Waals surface area (Å²) in [6.45, 7) is 1.80. The number of aliphatic imine (C=N–C) groups is 1. The number of aliphatic hydroxyl groups is 1. The predicted octanol–water partition coefficient (Wildman–Crippen LogP) is -1.63. The van der Waals surface area contributed by atoms with E-state index in [0.717, 1.165) is 32.2 Å². The number of guanidine groups is 1. The lowest BCUT2D eigenvalue weighted by molar-refractivity contribution is -0.136. The van der Waals surface area contributed by atoms with Crippen molar-refractivity contribution in [2.24, 2.45) is 16.5 Å². The zero-order valence-electron chi connectivity index (χ0n) is 13.8. The van der Waals surface area contributed by atoms with Crippen LogP contribution in [-0.4, -0.2) is 55.8 Å². The molecule has 134 valence electrons. The first-order valence-corrected chi connectivity index (χ1v) is 7.92. The summed E-state index contributed by atoms with van der Waals surface area (Å²) in [5, 5.41) is 17.3. The summed E-state index contributed by atoms with van der Waals surface area (Å²) in [5.74, 6) is -0.846. The molecule has 0 heterocycles. The van der Waals surface area contributed by atoms with Crippen LogP contribution in [0.5, 0.6) is 0 Å². The number of amides is 2. The van der Waals surface area contributed by atoms with Crippen LogP contribution in [0.4, 0.5) is 0 Å². The topological polar surface area (TPSA) is 155 Å². The van der Waals surface area contributed by atoms with Crippen molar-refractivity contribution < 1.29 is 14.7 Å². The average molecular weight is 330 g/mol. The van der Waals surface area contributed by atoms with E-state index in [9.17, 15) is 14.7 Å². The third-order valence-corrected chi connectivity index (χ3v) is 3.06. The third-order valence-electron chi connectivity index (χ3n) is 3.06. The fourth-order valence-electron chi connectivity index (χ4n) is 1.82. The quantitative estimate of drug-likeness (QED) is 0.103. The number of hydrogen-bond donors (Lipinski definition) is 6. The van der Waals surface area contributed by atoms with Gasteiger partial charge in [0, 0.05) is 19.5 Å². The molecule has 9 heteroatoms. The summed E-state index contributed by atoms with van der Waals surface area (Å²) in [7, 11) is 1.82. The van der Waals surface area contributed by atoms with Gasteiger partial charge in [-0.25, -0.2) is 0 Å². The number of aliphatic hydroxyl groups excluding tert-OH is 1. The van der Waals surface area contributed by atoms with Gasteiger partial charge in [-0.05, 0) is 32.9 Å². The van der Waals surface area contributed by atoms with Crippen LogP contribution in [0.1, 0.15) is 38.5 Å². The number of nitrogens with zero attached hydrogens (tertiary/aromatic N) is 1. The molecule has 0 aromatic rings. The van der Waals surface area contributed by atoms with Crippen LogP contribution in [0.25, 0.3) is 0 Å². The average Bonchev–Trinajstić information content (AvgIpc) is 2.50. The Labute approximate surface area is 137 Å². The lowest BCUT2D eigenvalue weighted by Gasteiger charge is -2.13. The zero-order chi connectivity index (χ0) is 17.5. The SMILES string of the molecule is CNCCCNC(=O)C(O)NC(=O)CCCCCCN=C(N)N. The summed E-state index contributed by atoms with van der Waals surface area (Å²) in [6, 6.07) is 0. The van der Waals surface area contributed by atoms with Crippen molar-refractivity contribution in [1.82, 2.24) is 16.0 Å². The zero-order valence-corrected chi connectivity index (χ0v) is 13.8. The second kappa shape index (κ2) is 13.8. The van der Waals surface area contributed by atoms with E-state index >= 15 is 0 Å². The Hall–Kier alpha value is -1.87. The highest BCUT2D eigenvalue weighted by Gasteiger charge is 2.16. The van der Waals surface area contributed by atoms with E-state index in [1.807, 2.05) is 7.05 Å². The molecule has 0 spiro atoms. The van der Waals surface area contributed by atoms with Crippen LogP contribution >= 0.6 is 0 Å². The lowest BCUT2D eigenvalue weighted by Crippen LogP contribution is -2.47. The van der Waals surface area contributed by atoms with Crippen LogP contribution in [0.2, 0.25) is 0 Å². The van der Waals surface area contributed by atoms with Crippen molar-refractivity contribution in [2.75, 3.05) is 26.7 Å². The van der Waals surface area contributed by atoms with Crippen LogP contribution in [-0.2, 0) is 9.59 Å². The number of unbranched alkanes of at least 4 members (excludes halogenated alkanes) is 3. The molecule has 0 rings (SSSR count). The number of carbonyl (C=O) groups excluding carboxylic acids is 2. The maximum Gasteiger partial charge on any atom is 0.269 e. The summed E-state index contributed by atoms with van der Waals surface area (Å²) in [4.78, 5) is 27.0. The van der Waals surface area contributed by atoms with Crippen molar-refractivity contribution in [1.29, 1.82) is 0 Å². The number of rotatable bonds is 13. The van der Waals surface area contributed by atoms with Gasteiger partial charge >= 0.3 is 0 Å². The standard InChI is InChI=1S/C14H30N6O3/c1-17-8-6-10-18-12(22)13(23)20-11(21)7-4-2-3-5-9-19-14(15)16/h13,17,23H,2-10H2,1H3,(H,18,22)(H,20,21)(H4,15,16,19). The first kappa shape index (κ1) is 21.1. The van der Waals surface area contributed by atoms with Crippen molar-refractivity contribution >= 4 is 17.8 Å². The Balaban J connectivity index is 3.64. The molecule has 0 saturated carbocycles. The molecule has 0 bridgehead atoms. The molecule has 2 amide bonds. The first-order valence-electron chi connectivity index (χ1n) is 7.92. The predicted molar refractivity (Wildman–Crippen MR) is 89.5 cm³/mol. The Morgan fingerprint density at radius 3 is 2.43 bits per heavy atom. The molecular formula is C14H30N6O3. The molecule has 23 heavy (non-hydrogen) atoms. The minimum atomic E-state index is -1.50. The second-order valence-electron chi connectivity index (χ2n) is 5.19. The van der Waals surface area contributed by atoms with E-state index in [1.54, 1.807) is 0 Å². The monoisotopic (exact) mass is 330 g/mol. The normalized spacial score (nSPS) is 11.6.